The van der Waals surface area contributed by atoms with Gasteiger partial charge in [0.1, 0.15) is 23.0 Å². The molecule has 0 aliphatic rings. The summed E-state index contributed by atoms with van der Waals surface area (Å²) in [7, 11) is 0. The first kappa shape index (κ1) is 54.0. The largest absolute Gasteiger partial charge is 0.461 e. The van der Waals surface area contributed by atoms with Crippen LogP contribution in [-0.4, -0.2) is 64.6 Å². The van der Waals surface area contributed by atoms with E-state index in [1.54, 1.807) is 48.5 Å². The van der Waals surface area contributed by atoms with Crippen molar-refractivity contribution in [2.45, 2.75) is 50.1 Å². The maximum absolute atomic E-state index is 14.1. The average Bonchev–Trinajstić information content (AvgIpc) is 3.34. The molecule has 0 atom stereocenters. The summed E-state index contributed by atoms with van der Waals surface area (Å²) >= 11 is 0. The molecule has 0 unspecified atom stereocenters. The highest BCUT2D eigenvalue weighted by molar-refractivity contribution is 6.01. The molecule has 0 bridgehead atoms. The number of ether oxygens (including phenoxy) is 4. The van der Waals surface area contributed by atoms with E-state index in [1.165, 1.54) is 60.7 Å². The van der Waals surface area contributed by atoms with Gasteiger partial charge in [-0.05, 0) is 144 Å². The number of rotatable bonds is 22. The van der Waals surface area contributed by atoms with E-state index in [4.69, 9.17) is 20.9 Å². The number of ketones is 2. The fourth-order valence-corrected chi connectivity index (χ4v) is 7.09. The number of hydrogen-bond acceptors (Lipinski definition) is 12. The summed E-state index contributed by atoms with van der Waals surface area (Å²) in [6, 6.07) is 31.6. The second kappa shape index (κ2) is 22.8. The van der Waals surface area contributed by atoms with Crippen LogP contribution in [0.3, 0.4) is 0 Å². The van der Waals surface area contributed by atoms with Crippen LogP contribution in [0.15, 0.2) is 158 Å². The molecule has 380 valence electrons. The van der Waals surface area contributed by atoms with Gasteiger partial charge in [-0.15, -0.1) is 0 Å². The Morgan fingerprint density at radius 3 is 1.19 bits per heavy atom. The van der Waals surface area contributed by atoms with Crippen LogP contribution in [0.1, 0.15) is 49.4 Å². The van der Waals surface area contributed by atoms with E-state index >= 15 is 0 Å². The summed E-state index contributed by atoms with van der Waals surface area (Å²) < 4.78 is 122. The van der Waals surface area contributed by atoms with Crippen LogP contribution in [0.25, 0.3) is 12.2 Å². The standard InChI is InChI=1S/C53H42F8N2O10/c54-48(55)52(58,59)72-43-24-11-36(12-25-43)46(66)70-41-20-6-32(7-21-41)5-19-40(64)31-50(29-34-1-15-38(62)16-2-34,30-35-3-17-39(63)18-4-35)51(68,69)45(65)28-10-33-8-22-42(23-9-33)71-47(67)37-13-26-44(27-14-37)73-53(60,61)49(56)57/h1-28,48-49,68-69H,29-31,62-63H2/b19-5+,28-10+. The number of allylic oxidation sites excluding steroid dienone is 1. The van der Waals surface area contributed by atoms with Crippen LogP contribution in [-0.2, 0) is 22.4 Å². The van der Waals surface area contributed by atoms with Gasteiger partial charge in [0.25, 0.3) is 0 Å². The maximum Gasteiger partial charge on any atom is 0.461 e. The van der Waals surface area contributed by atoms with Crippen LogP contribution in [0, 0.1) is 5.41 Å². The second-order valence-electron chi connectivity index (χ2n) is 16.4. The Balaban J connectivity index is 1.19. The van der Waals surface area contributed by atoms with Crippen molar-refractivity contribution in [3.8, 4) is 23.0 Å². The highest BCUT2D eigenvalue weighted by Crippen LogP contribution is 2.43. The number of anilines is 2. The van der Waals surface area contributed by atoms with E-state index in [0.29, 0.717) is 33.6 Å². The third-order valence-electron chi connectivity index (χ3n) is 10.9. The van der Waals surface area contributed by atoms with Gasteiger partial charge in [-0.25, -0.2) is 9.59 Å². The molecule has 6 rings (SSSR count). The summed E-state index contributed by atoms with van der Waals surface area (Å²) in [6.45, 7) is 0. The molecule has 0 saturated carbocycles. The summed E-state index contributed by atoms with van der Waals surface area (Å²) in [5.41, 5.74) is 12.1. The molecule has 12 nitrogen and oxygen atoms in total. The first-order chi connectivity index (χ1) is 34.4. The molecule has 0 aliphatic heterocycles. The van der Waals surface area contributed by atoms with Crippen molar-refractivity contribution >= 4 is 47.0 Å². The normalized spacial score (nSPS) is 12.3. The van der Waals surface area contributed by atoms with Gasteiger partial charge in [0.2, 0.25) is 11.6 Å². The number of alkyl halides is 8. The fraction of sp³-hybridized carbons (Fsp3) is 0.170. The average molecular weight is 1020 g/mol. The zero-order valence-electron chi connectivity index (χ0n) is 37.8. The van der Waals surface area contributed by atoms with Crippen molar-refractivity contribution in [1.29, 1.82) is 0 Å². The Morgan fingerprint density at radius 1 is 0.493 bits per heavy atom. The molecule has 73 heavy (non-hydrogen) atoms. The summed E-state index contributed by atoms with van der Waals surface area (Å²) in [4.78, 5) is 53.6. The van der Waals surface area contributed by atoms with Crippen molar-refractivity contribution in [3.05, 3.63) is 191 Å². The molecule has 0 aromatic heterocycles. The molecule has 6 N–H and O–H groups in total. The number of benzene rings is 6. The molecule has 0 amide bonds. The maximum atomic E-state index is 14.1. The third kappa shape index (κ3) is 14.4. The van der Waals surface area contributed by atoms with E-state index < -0.39 is 77.7 Å². The lowest BCUT2D eigenvalue weighted by molar-refractivity contribution is -0.253. The van der Waals surface area contributed by atoms with Gasteiger partial charge in [0.15, 0.2) is 5.78 Å². The molecular formula is C53H42F8N2O10. The number of carbonyl (C=O) groups is 4. The molecular weight excluding hydrogens is 977 g/mol. The number of esters is 2. The van der Waals surface area contributed by atoms with Gasteiger partial charge in [-0.1, -0.05) is 60.7 Å². The highest BCUT2D eigenvalue weighted by Gasteiger charge is 2.54. The third-order valence-corrected chi connectivity index (χ3v) is 10.9. The second-order valence-corrected chi connectivity index (χ2v) is 16.4. The van der Waals surface area contributed by atoms with Gasteiger partial charge in [0.05, 0.1) is 11.1 Å². The SMILES string of the molecule is Nc1ccc(CC(CC(=O)/C=C/c2ccc(OC(=O)c3ccc(OC(F)(F)C(F)F)cc3)cc2)(Cc2ccc(N)cc2)C(O)(O)C(=O)/C=C/c2ccc(OC(=O)c3ccc(OC(F)(F)C(F)F)cc3)cc2)cc1. The lowest BCUT2D eigenvalue weighted by Gasteiger charge is -2.42. The van der Waals surface area contributed by atoms with Gasteiger partial charge < -0.3 is 40.6 Å². The number of hydrogen-bond donors (Lipinski definition) is 4. The zero-order chi connectivity index (χ0) is 53.1. The first-order valence-corrected chi connectivity index (χ1v) is 21.6. The predicted molar refractivity (Wildman–Crippen MR) is 250 cm³/mol. The van der Waals surface area contributed by atoms with E-state index in [2.05, 4.69) is 9.47 Å². The molecule has 0 radical (unpaired) electrons. The zero-order valence-corrected chi connectivity index (χ0v) is 37.8. The monoisotopic (exact) mass is 1020 g/mol. The molecule has 0 aliphatic carbocycles. The first-order valence-electron chi connectivity index (χ1n) is 21.6. The summed E-state index contributed by atoms with van der Waals surface area (Å²) in [5, 5.41) is 24.3. The number of nitrogen functional groups attached to an aromatic ring is 2. The molecule has 20 heteroatoms. The van der Waals surface area contributed by atoms with Crippen LogP contribution in [0.5, 0.6) is 23.0 Å². The predicted octanol–water partition coefficient (Wildman–Crippen LogP) is 10.2. The van der Waals surface area contributed by atoms with E-state index in [-0.39, 0.29) is 35.5 Å². The quantitative estimate of drug-likeness (QED) is 0.0126. The van der Waals surface area contributed by atoms with Gasteiger partial charge in [-0.2, -0.15) is 35.1 Å². The Labute approximate surface area is 410 Å². The molecule has 0 fully saturated rings. The van der Waals surface area contributed by atoms with Crippen LogP contribution >= 0.6 is 0 Å². The Bertz CT molecular complexity index is 2880. The minimum absolute atomic E-state index is 0.00351. The topological polar surface area (TPSA) is 198 Å². The number of aliphatic hydroxyl groups is 2. The fourth-order valence-electron chi connectivity index (χ4n) is 7.09. The van der Waals surface area contributed by atoms with Crippen molar-refractivity contribution in [2.24, 2.45) is 5.41 Å². The van der Waals surface area contributed by atoms with Gasteiger partial charge in [0, 0.05) is 23.2 Å². The number of carbonyl (C=O) groups excluding carboxylic acids is 4. The molecule has 0 spiro atoms. The lowest BCUT2D eigenvalue weighted by atomic mass is 9.65. The molecule has 6 aromatic carbocycles. The van der Waals surface area contributed by atoms with Crippen molar-refractivity contribution in [3.63, 3.8) is 0 Å². The minimum Gasteiger partial charge on any atom is -0.428 e. The smallest absolute Gasteiger partial charge is 0.428 e. The summed E-state index contributed by atoms with van der Waals surface area (Å²) in [5.74, 6) is -8.19. The van der Waals surface area contributed by atoms with Gasteiger partial charge >= 0.3 is 37.0 Å². The van der Waals surface area contributed by atoms with Crippen LogP contribution < -0.4 is 30.4 Å². The summed E-state index contributed by atoms with van der Waals surface area (Å²) in [6.07, 6.45) is -14.1. The highest BCUT2D eigenvalue weighted by atomic mass is 19.3. The van der Waals surface area contributed by atoms with Crippen LogP contribution in [0.2, 0.25) is 0 Å². The molecule has 0 heterocycles. The van der Waals surface area contributed by atoms with Crippen LogP contribution in [0.4, 0.5) is 46.5 Å². The van der Waals surface area contributed by atoms with Crippen molar-refractivity contribution < 1.29 is 83.5 Å². The molecule has 0 saturated heterocycles. The van der Waals surface area contributed by atoms with Gasteiger partial charge in [-0.3, -0.25) is 9.59 Å². The Morgan fingerprint density at radius 2 is 0.836 bits per heavy atom. The number of nitrogens with two attached hydrogens (primary N) is 2. The van der Waals surface area contributed by atoms with Crippen molar-refractivity contribution in [1.82, 2.24) is 0 Å². The molecule has 6 aromatic rings. The van der Waals surface area contributed by atoms with E-state index in [9.17, 15) is 64.5 Å². The van der Waals surface area contributed by atoms with E-state index in [1.807, 2.05) is 0 Å². The lowest BCUT2D eigenvalue weighted by Crippen LogP contribution is -2.57. The Kier molecular flexibility index (Phi) is 16.9. The van der Waals surface area contributed by atoms with Crippen molar-refractivity contribution in [2.75, 3.05) is 11.5 Å². The Hall–Kier alpha value is -8.36. The van der Waals surface area contributed by atoms with E-state index in [0.717, 1.165) is 60.7 Å². The minimum atomic E-state index is -4.75. The number of halogens is 8.